The molecule has 0 unspecified atom stereocenters. The van der Waals surface area contributed by atoms with Gasteiger partial charge in [-0.2, -0.15) is 0 Å². The SMILES string of the molecule is CN(CCCCCCc1ccccc1)CCCCCC(=O)c1nc(Cl)c(NCc2ccc(Cl)cc2)nc1N. The van der Waals surface area contributed by atoms with Crippen LogP contribution in [0.4, 0.5) is 11.6 Å². The summed E-state index contributed by atoms with van der Waals surface area (Å²) in [7, 11) is 2.18. The third-order valence-corrected chi connectivity index (χ3v) is 7.07. The summed E-state index contributed by atoms with van der Waals surface area (Å²) < 4.78 is 0. The van der Waals surface area contributed by atoms with Crippen LogP contribution in [0, 0.1) is 0 Å². The quantitative estimate of drug-likeness (QED) is 0.133. The number of hydrogen-bond donors (Lipinski definition) is 2. The van der Waals surface area contributed by atoms with Crippen LogP contribution in [0.25, 0.3) is 0 Å². The van der Waals surface area contributed by atoms with Gasteiger partial charge in [0.2, 0.25) is 0 Å². The highest BCUT2D eigenvalue weighted by molar-refractivity contribution is 6.32. The highest BCUT2D eigenvalue weighted by Gasteiger charge is 2.16. The number of aryl methyl sites for hydroxylation is 1. The lowest BCUT2D eigenvalue weighted by Gasteiger charge is -2.16. The van der Waals surface area contributed by atoms with Gasteiger partial charge in [-0.3, -0.25) is 4.79 Å². The van der Waals surface area contributed by atoms with Crippen molar-refractivity contribution in [3.05, 3.63) is 81.6 Å². The van der Waals surface area contributed by atoms with Gasteiger partial charge in [-0.15, -0.1) is 0 Å². The van der Waals surface area contributed by atoms with Crippen LogP contribution >= 0.6 is 23.2 Å². The summed E-state index contributed by atoms with van der Waals surface area (Å²) in [6.07, 6.45) is 9.43. The van der Waals surface area contributed by atoms with Crippen molar-refractivity contribution in [3.63, 3.8) is 0 Å². The van der Waals surface area contributed by atoms with Crippen LogP contribution in [0.5, 0.6) is 0 Å². The van der Waals surface area contributed by atoms with Gasteiger partial charge in [-0.25, -0.2) is 9.97 Å². The fourth-order valence-electron chi connectivity index (χ4n) is 4.32. The average Bonchev–Trinajstić information content (AvgIpc) is 2.92. The molecule has 3 aromatic rings. The fraction of sp³-hybridized carbons (Fsp3) is 0.433. The van der Waals surface area contributed by atoms with Crippen molar-refractivity contribution in [1.82, 2.24) is 14.9 Å². The third-order valence-electron chi connectivity index (χ3n) is 6.56. The molecule has 0 bridgehead atoms. The number of aromatic nitrogens is 2. The predicted molar refractivity (Wildman–Crippen MR) is 159 cm³/mol. The van der Waals surface area contributed by atoms with Crippen LogP contribution in [0.1, 0.15) is 73.0 Å². The summed E-state index contributed by atoms with van der Waals surface area (Å²) in [6, 6.07) is 18.1. The lowest BCUT2D eigenvalue weighted by molar-refractivity contribution is 0.0974. The van der Waals surface area contributed by atoms with Gasteiger partial charge in [-0.05, 0) is 75.5 Å². The number of rotatable bonds is 17. The number of carbonyl (C=O) groups excluding carboxylic acids is 1. The van der Waals surface area contributed by atoms with E-state index in [9.17, 15) is 4.79 Å². The van der Waals surface area contributed by atoms with Crippen LogP contribution in [0.3, 0.4) is 0 Å². The highest BCUT2D eigenvalue weighted by Crippen LogP contribution is 2.23. The second-order valence-corrected chi connectivity index (χ2v) is 10.6. The summed E-state index contributed by atoms with van der Waals surface area (Å²) in [4.78, 5) is 23.6. The molecule has 1 heterocycles. The zero-order valence-electron chi connectivity index (χ0n) is 22.3. The molecule has 0 aliphatic heterocycles. The topological polar surface area (TPSA) is 84.1 Å². The predicted octanol–water partition coefficient (Wildman–Crippen LogP) is 7.46. The summed E-state index contributed by atoms with van der Waals surface area (Å²) in [6.45, 7) is 2.65. The Balaban J connectivity index is 1.27. The van der Waals surface area contributed by atoms with Gasteiger partial charge in [0.05, 0.1) is 0 Å². The van der Waals surface area contributed by atoms with E-state index >= 15 is 0 Å². The zero-order valence-corrected chi connectivity index (χ0v) is 23.8. The molecular weight excluding hydrogens is 517 g/mol. The van der Waals surface area contributed by atoms with E-state index in [4.69, 9.17) is 28.9 Å². The lowest BCUT2D eigenvalue weighted by Crippen LogP contribution is -2.21. The van der Waals surface area contributed by atoms with Crippen molar-refractivity contribution in [3.8, 4) is 0 Å². The van der Waals surface area contributed by atoms with E-state index in [1.165, 1.54) is 37.7 Å². The first-order chi connectivity index (χ1) is 18.4. The second-order valence-electron chi connectivity index (χ2n) is 9.76. The summed E-state index contributed by atoms with van der Waals surface area (Å²) in [5.41, 5.74) is 8.63. The lowest BCUT2D eigenvalue weighted by atomic mass is 10.1. The van der Waals surface area contributed by atoms with Crippen LogP contribution in [0.2, 0.25) is 10.2 Å². The molecule has 0 spiro atoms. The molecule has 38 heavy (non-hydrogen) atoms. The molecule has 0 fully saturated rings. The van der Waals surface area contributed by atoms with E-state index in [1.807, 2.05) is 24.3 Å². The van der Waals surface area contributed by atoms with E-state index in [-0.39, 0.29) is 22.4 Å². The Hall–Kier alpha value is -2.67. The van der Waals surface area contributed by atoms with Crippen molar-refractivity contribution in [2.75, 3.05) is 31.2 Å². The number of carbonyl (C=O) groups is 1. The molecule has 0 atom stereocenters. The number of halogens is 2. The third kappa shape index (κ3) is 10.6. The van der Waals surface area contributed by atoms with Gasteiger partial charge in [0.15, 0.2) is 22.6 Å². The minimum Gasteiger partial charge on any atom is -0.382 e. The Morgan fingerprint density at radius 1 is 0.842 bits per heavy atom. The van der Waals surface area contributed by atoms with Crippen molar-refractivity contribution in [2.45, 2.75) is 64.3 Å². The fourth-order valence-corrected chi connectivity index (χ4v) is 4.64. The van der Waals surface area contributed by atoms with Crippen molar-refractivity contribution >= 4 is 40.6 Å². The number of nitrogens with two attached hydrogens (primary N) is 1. The number of unbranched alkanes of at least 4 members (excludes halogenated alkanes) is 5. The Morgan fingerprint density at radius 2 is 1.50 bits per heavy atom. The van der Waals surface area contributed by atoms with Gasteiger partial charge in [0.1, 0.15) is 5.69 Å². The summed E-state index contributed by atoms with van der Waals surface area (Å²) in [5.74, 6) is 0.335. The molecule has 0 aliphatic carbocycles. The number of nitrogens with one attached hydrogen (secondary N) is 1. The molecule has 2 aromatic carbocycles. The van der Waals surface area contributed by atoms with Gasteiger partial charge < -0.3 is 16.0 Å². The Kier molecular flexibility index (Phi) is 12.8. The van der Waals surface area contributed by atoms with Crippen LogP contribution < -0.4 is 11.1 Å². The molecule has 0 saturated heterocycles. The largest absolute Gasteiger partial charge is 0.382 e. The van der Waals surface area contributed by atoms with Crippen molar-refractivity contribution in [1.29, 1.82) is 0 Å². The number of anilines is 2. The van der Waals surface area contributed by atoms with Gasteiger partial charge in [-0.1, -0.05) is 84.9 Å². The maximum atomic E-state index is 12.7. The molecule has 8 heteroatoms. The number of hydrogen-bond acceptors (Lipinski definition) is 6. The molecule has 0 aliphatic rings. The first-order valence-electron chi connectivity index (χ1n) is 13.5. The van der Waals surface area contributed by atoms with E-state index in [0.717, 1.165) is 37.9 Å². The van der Waals surface area contributed by atoms with Crippen molar-refractivity contribution < 1.29 is 4.79 Å². The molecule has 1 aromatic heterocycles. The average molecular weight is 557 g/mol. The van der Waals surface area contributed by atoms with Crippen molar-refractivity contribution in [2.24, 2.45) is 0 Å². The first-order valence-corrected chi connectivity index (χ1v) is 14.2. The normalized spacial score (nSPS) is 11.2. The summed E-state index contributed by atoms with van der Waals surface area (Å²) >= 11 is 12.2. The van der Waals surface area contributed by atoms with Crippen LogP contribution in [-0.4, -0.2) is 40.8 Å². The van der Waals surface area contributed by atoms with Gasteiger partial charge in [0.25, 0.3) is 0 Å². The molecule has 204 valence electrons. The molecule has 0 saturated carbocycles. The second kappa shape index (κ2) is 16.3. The molecule has 0 amide bonds. The minimum atomic E-state index is -0.120. The number of nitrogens with zero attached hydrogens (tertiary/aromatic N) is 3. The molecular formula is C30H39Cl2N5O. The maximum absolute atomic E-state index is 12.7. The Labute approximate surface area is 237 Å². The van der Waals surface area contributed by atoms with E-state index < -0.39 is 0 Å². The number of Topliss-reactive ketones (excluding diaryl/α,β-unsaturated/α-hetero) is 1. The Morgan fingerprint density at radius 3 is 2.21 bits per heavy atom. The maximum Gasteiger partial charge on any atom is 0.185 e. The van der Waals surface area contributed by atoms with Gasteiger partial charge in [0, 0.05) is 18.0 Å². The molecule has 3 N–H and O–H groups in total. The monoisotopic (exact) mass is 555 g/mol. The number of nitrogen functional groups attached to an aromatic ring is 1. The van der Waals surface area contributed by atoms with Crippen LogP contribution in [0.15, 0.2) is 54.6 Å². The summed E-state index contributed by atoms with van der Waals surface area (Å²) in [5, 5.41) is 3.92. The van der Waals surface area contributed by atoms with E-state index in [1.54, 1.807) is 0 Å². The van der Waals surface area contributed by atoms with Gasteiger partial charge >= 0.3 is 0 Å². The smallest absolute Gasteiger partial charge is 0.185 e. The first kappa shape index (κ1) is 29.9. The highest BCUT2D eigenvalue weighted by atomic mass is 35.5. The van der Waals surface area contributed by atoms with E-state index in [0.29, 0.717) is 23.8 Å². The molecule has 3 rings (SSSR count). The minimum absolute atomic E-state index is 0.0986. The zero-order chi connectivity index (χ0) is 27.2. The molecule has 6 nitrogen and oxygen atoms in total. The number of ketones is 1. The number of benzene rings is 2. The van der Waals surface area contributed by atoms with E-state index in [2.05, 4.69) is 57.6 Å². The standard InChI is InChI=1S/C30H39Cl2N5O/c1-37(20-10-3-2-6-12-23-13-7-4-8-14-23)21-11-5-9-15-26(38)27-29(33)36-30(28(32)35-27)34-22-24-16-18-25(31)19-17-24/h4,7-8,13-14,16-19H,2-3,5-6,9-12,15,20-22H2,1H3,(H3,33,34,36). The molecule has 0 radical (unpaired) electrons. The Bertz CT molecular complexity index is 1130. The van der Waals surface area contributed by atoms with Crippen LogP contribution in [-0.2, 0) is 13.0 Å².